The first-order valence-electron chi connectivity index (χ1n) is 8.29. The van der Waals surface area contributed by atoms with Crippen LogP contribution in [0.5, 0.6) is 0 Å². The number of rotatable bonds is 8. The molecule has 1 N–H and O–H groups in total. The Bertz CT molecular complexity index is 686. The van der Waals surface area contributed by atoms with E-state index in [1.54, 1.807) is 11.3 Å². The summed E-state index contributed by atoms with van der Waals surface area (Å²) in [5, 5.41) is 5.12. The molecule has 0 bridgehead atoms. The standard InChI is InChI=1S/C20H22N2OS/c23-20(21-12-6-10-17-8-2-1-3-9-17)16-18(19-11-7-15-24-19)22-13-4-5-14-22/h1-5,7-9,11,13-15,18H,6,10,12,16H2,(H,21,23). The van der Waals surface area contributed by atoms with Gasteiger partial charge in [0.15, 0.2) is 0 Å². The predicted octanol–water partition coefficient (Wildman–Crippen LogP) is 4.28. The molecule has 1 aromatic carbocycles. The largest absolute Gasteiger partial charge is 0.356 e. The lowest BCUT2D eigenvalue weighted by Gasteiger charge is -2.17. The van der Waals surface area contributed by atoms with Gasteiger partial charge in [-0.2, -0.15) is 0 Å². The zero-order chi connectivity index (χ0) is 16.6. The molecule has 2 aromatic heterocycles. The number of amides is 1. The molecule has 0 radical (unpaired) electrons. The van der Waals surface area contributed by atoms with E-state index in [1.165, 1.54) is 10.4 Å². The summed E-state index contributed by atoms with van der Waals surface area (Å²) >= 11 is 1.70. The van der Waals surface area contributed by atoms with Crippen LogP contribution in [0.2, 0.25) is 0 Å². The first kappa shape index (κ1) is 16.5. The molecule has 0 aliphatic carbocycles. The second-order valence-corrected chi connectivity index (χ2v) is 6.78. The first-order chi connectivity index (χ1) is 11.8. The topological polar surface area (TPSA) is 34.0 Å². The van der Waals surface area contributed by atoms with Crippen LogP contribution >= 0.6 is 11.3 Å². The molecule has 3 rings (SSSR count). The maximum absolute atomic E-state index is 12.3. The molecule has 0 fully saturated rings. The zero-order valence-corrected chi connectivity index (χ0v) is 14.4. The second kappa shape index (κ2) is 8.50. The number of nitrogens with zero attached hydrogens (tertiary/aromatic N) is 1. The van der Waals surface area contributed by atoms with E-state index >= 15 is 0 Å². The van der Waals surface area contributed by atoms with E-state index in [9.17, 15) is 4.79 Å². The summed E-state index contributed by atoms with van der Waals surface area (Å²) in [5.74, 6) is 0.107. The summed E-state index contributed by atoms with van der Waals surface area (Å²) in [5.41, 5.74) is 1.32. The molecule has 0 saturated heterocycles. The van der Waals surface area contributed by atoms with E-state index in [4.69, 9.17) is 0 Å². The molecule has 3 nitrogen and oxygen atoms in total. The highest BCUT2D eigenvalue weighted by Gasteiger charge is 2.17. The summed E-state index contributed by atoms with van der Waals surface area (Å²) in [6, 6.07) is 18.6. The first-order valence-corrected chi connectivity index (χ1v) is 9.17. The summed E-state index contributed by atoms with van der Waals surface area (Å²) in [7, 11) is 0. The van der Waals surface area contributed by atoms with Crippen molar-refractivity contribution in [2.24, 2.45) is 0 Å². The Morgan fingerprint density at radius 1 is 1.04 bits per heavy atom. The number of carbonyl (C=O) groups excluding carboxylic acids is 1. The molecule has 24 heavy (non-hydrogen) atoms. The third-order valence-electron chi connectivity index (χ3n) is 4.04. The Kier molecular flexibility index (Phi) is 5.85. The van der Waals surface area contributed by atoms with Crippen LogP contribution in [-0.2, 0) is 11.2 Å². The van der Waals surface area contributed by atoms with Crippen LogP contribution in [0, 0.1) is 0 Å². The van der Waals surface area contributed by atoms with Crippen molar-refractivity contribution >= 4 is 17.2 Å². The van der Waals surface area contributed by atoms with E-state index in [-0.39, 0.29) is 11.9 Å². The SMILES string of the molecule is O=C(CC(c1cccs1)n1cccc1)NCCCc1ccccc1. The fraction of sp³-hybridized carbons (Fsp3) is 0.250. The molecule has 0 spiro atoms. The van der Waals surface area contributed by atoms with Gasteiger partial charge in [0.2, 0.25) is 5.91 Å². The van der Waals surface area contributed by atoms with Crippen molar-refractivity contribution in [1.29, 1.82) is 0 Å². The third-order valence-corrected chi connectivity index (χ3v) is 5.02. The van der Waals surface area contributed by atoms with Gasteiger partial charge in [-0.3, -0.25) is 4.79 Å². The van der Waals surface area contributed by atoms with E-state index < -0.39 is 0 Å². The van der Waals surface area contributed by atoms with Gasteiger partial charge in [0.05, 0.1) is 12.5 Å². The van der Waals surface area contributed by atoms with Crippen molar-refractivity contribution in [2.45, 2.75) is 25.3 Å². The van der Waals surface area contributed by atoms with E-state index in [2.05, 4.69) is 45.6 Å². The highest BCUT2D eigenvalue weighted by molar-refractivity contribution is 7.10. The molecule has 124 valence electrons. The molecule has 1 unspecified atom stereocenters. The number of nitrogens with one attached hydrogen (secondary N) is 1. The molecule has 0 aliphatic rings. The van der Waals surface area contributed by atoms with Gasteiger partial charge in [0, 0.05) is 23.8 Å². The Morgan fingerprint density at radius 3 is 2.54 bits per heavy atom. The van der Waals surface area contributed by atoms with Crippen molar-refractivity contribution in [3.63, 3.8) is 0 Å². The van der Waals surface area contributed by atoms with Crippen molar-refractivity contribution < 1.29 is 4.79 Å². The minimum Gasteiger partial charge on any atom is -0.356 e. The average molecular weight is 338 g/mol. The van der Waals surface area contributed by atoms with Crippen molar-refractivity contribution in [3.8, 4) is 0 Å². The molecular formula is C20H22N2OS. The van der Waals surface area contributed by atoms with Crippen LogP contribution in [0.3, 0.4) is 0 Å². The van der Waals surface area contributed by atoms with Gasteiger partial charge in [0.25, 0.3) is 0 Å². The van der Waals surface area contributed by atoms with Crippen molar-refractivity contribution in [1.82, 2.24) is 9.88 Å². The Balaban J connectivity index is 1.49. The Labute approximate surface area is 147 Å². The Hall–Kier alpha value is -2.33. The lowest BCUT2D eigenvalue weighted by atomic mass is 10.1. The van der Waals surface area contributed by atoms with Gasteiger partial charge < -0.3 is 9.88 Å². The summed E-state index contributed by atoms with van der Waals surface area (Å²) < 4.78 is 2.11. The molecule has 0 saturated carbocycles. The van der Waals surface area contributed by atoms with Crippen molar-refractivity contribution in [3.05, 3.63) is 82.8 Å². The maximum Gasteiger partial charge on any atom is 0.222 e. The fourth-order valence-corrected chi connectivity index (χ4v) is 3.64. The minimum absolute atomic E-state index is 0.0779. The van der Waals surface area contributed by atoms with Gasteiger partial charge in [-0.05, 0) is 42.0 Å². The molecular weight excluding hydrogens is 316 g/mol. The molecule has 2 heterocycles. The van der Waals surface area contributed by atoms with Gasteiger partial charge in [0.1, 0.15) is 0 Å². The second-order valence-electron chi connectivity index (χ2n) is 5.80. The number of aryl methyl sites for hydroxylation is 1. The number of hydrogen-bond acceptors (Lipinski definition) is 2. The number of carbonyl (C=O) groups is 1. The van der Waals surface area contributed by atoms with Crippen LogP contribution in [0.15, 0.2) is 72.4 Å². The van der Waals surface area contributed by atoms with Crippen LogP contribution in [0.1, 0.15) is 29.3 Å². The molecule has 1 amide bonds. The van der Waals surface area contributed by atoms with E-state index in [0.29, 0.717) is 6.42 Å². The third kappa shape index (κ3) is 4.59. The molecule has 1 atom stereocenters. The number of thiophene rings is 1. The van der Waals surface area contributed by atoms with Crippen LogP contribution in [0.25, 0.3) is 0 Å². The van der Waals surface area contributed by atoms with Crippen LogP contribution in [-0.4, -0.2) is 17.0 Å². The normalized spacial score (nSPS) is 12.0. The quantitative estimate of drug-likeness (QED) is 0.611. The van der Waals surface area contributed by atoms with Gasteiger partial charge in [-0.15, -0.1) is 11.3 Å². The van der Waals surface area contributed by atoms with Gasteiger partial charge >= 0.3 is 0 Å². The fourth-order valence-electron chi connectivity index (χ4n) is 2.80. The highest BCUT2D eigenvalue weighted by Crippen LogP contribution is 2.26. The molecule has 0 aliphatic heterocycles. The van der Waals surface area contributed by atoms with Gasteiger partial charge in [-0.1, -0.05) is 36.4 Å². The Morgan fingerprint density at radius 2 is 1.83 bits per heavy atom. The lowest BCUT2D eigenvalue weighted by Crippen LogP contribution is -2.27. The monoisotopic (exact) mass is 338 g/mol. The summed E-state index contributed by atoms with van der Waals surface area (Å²) in [6.07, 6.45) is 6.47. The van der Waals surface area contributed by atoms with E-state index in [1.807, 2.05) is 36.7 Å². The van der Waals surface area contributed by atoms with Crippen LogP contribution < -0.4 is 5.32 Å². The summed E-state index contributed by atoms with van der Waals surface area (Å²) in [6.45, 7) is 0.719. The maximum atomic E-state index is 12.3. The number of benzene rings is 1. The zero-order valence-electron chi connectivity index (χ0n) is 13.6. The average Bonchev–Trinajstić information content (AvgIpc) is 3.31. The molecule has 4 heteroatoms. The highest BCUT2D eigenvalue weighted by atomic mass is 32.1. The minimum atomic E-state index is 0.0779. The van der Waals surface area contributed by atoms with Crippen molar-refractivity contribution in [2.75, 3.05) is 6.54 Å². The lowest BCUT2D eigenvalue weighted by molar-refractivity contribution is -0.121. The summed E-state index contributed by atoms with van der Waals surface area (Å²) in [4.78, 5) is 13.5. The van der Waals surface area contributed by atoms with Gasteiger partial charge in [-0.25, -0.2) is 0 Å². The number of hydrogen-bond donors (Lipinski definition) is 1. The van der Waals surface area contributed by atoms with Crippen LogP contribution in [0.4, 0.5) is 0 Å². The predicted molar refractivity (Wildman–Crippen MR) is 99.3 cm³/mol. The number of aromatic nitrogens is 1. The van der Waals surface area contributed by atoms with E-state index in [0.717, 1.165) is 19.4 Å². The smallest absolute Gasteiger partial charge is 0.222 e. The molecule has 3 aromatic rings.